The molecule has 2 heterocycles. The summed E-state index contributed by atoms with van der Waals surface area (Å²) in [5.41, 5.74) is 0.904. The first-order valence-electron chi connectivity index (χ1n) is 11.1. The number of anilines is 1. The molecule has 0 fully saturated rings. The lowest BCUT2D eigenvalue weighted by molar-refractivity contribution is -0.394. The van der Waals surface area contributed by atoms with Crippen LogP contribution >= 0.6 is 34.5 Å². The van der Waals surface area contributed by atoms with Crippen molar-refractivity contribution in [3.05, 3.63) is 89.2 Å². The smallest absolute Gasteiger partial charge is 0.393 e. The summed E-state index contributed by atoms with van der Waals surface area (Å²) in [4.78, 5) is 49.2. The summed E-state index contributed by atoms with van der Waals surface area (Å²) in [5.74, 6) is 0.150. The predicted molar refractivity (Wildman–Crippen MR) is 144 cm³/mol. The predicted octanol–water partition coefficient (Wildman–Crippen LogP) is 5.93. The van der Waals surface area contributed by atoms with Crippen LogP contribution in [-0.2, 0) is 6.42 Å². The zero-order valence-corrected chi connectivity index (χ0v) is 21.7. The van der Waals surface area contributed by atoms with Crippen molar-refractivity contribution in [3.63, 3.8) is 0 Å². The topological polar surface area (TPSA) is 182 Å². The molecule has 0 bridgehead atoms. The second-order valence-electron chi connectivity index (χ2n) is 8.43. The van der Waals surface area contributed by atoms with Gasteiger partial charge in [-0.1, -0.05) is 47.5 Å². The molecule has 200 valence electrons. The number of urea groups is 1. The largest absolute Gasteiger partial charge is 0.414 e. The van der Waals surface area contributed by atoms with Gasteiger partial charge < -0.3 is 25.7 Å². The van der Waals surface area contributed by atoms with Crippen LogP contribution in [-0.4, -0.2) is 33.0 Å². The summed E-state index contributed by atoms with van der Waals surface area (Å²) in [6, 6.07) is 9.50. The van der Waals surface area contributed by atoms with E-state index in [0.717, 1.165) is 29.3 Å². The van der Waals surface area contributed by atoms with E-state index in [1.807, 2.05) is 12.1 Å². The minimum absolute atomic E-state index is 0.144. The molecule has 0 radical (unpaired) electrons. The molecule has 5 rings (SSSR count). The maximum absolute atomic E-state index is 12.9. The second kappa shape index (κ2) is 10.4. The Labute approximate surface area is 232 Å². The van der Waals surface area contributed by atoms with E-state index in [-0.39, 0.29) is 11.6 Å². The molecule has 0 saturated carbocycles. The molecule has 4 aromatic rings. The maximum Gasteiger partial charge on any atom is 0.414 e. The Morgan fingerprint density at radius 2 is 1.72 bits per heavy atom. The highest BCUT2D eigenvalue weighted by atomic mass is 35.5. The second-order valence-corrected chi connectivity index (χ2v) is 10.5. The number of hydrogen-bond acceptors (Lipinski definition) is 8. The number of nitrogens with one attached hydrogen (secondary N) is 4. The molecule has 39 heavy (non-hydrogen) atoms. The Morgan fingerprint density at radius 3 is 2.38 bits per heavy atom. The summed E-state index contributed by atoms with van der Waals surface area (Å²) < 4.78 is 6.49. The first-order valence-corrected chi connectivity index (χ1v) is 12.7. The average molecular weight is 591 g/mol. The number of nitro groups is 2. The van der Waals surface area contributed by atoms with Crippen LogP contribution in [0.15, 0.2) is 48.5 Å². The van der Waals surface area contributed by atoms with Gasteiger partial charge in [-0.2, -0.15) is 0 Å². The van der Waals surface area contributed by atoms with E-state index in [2.05, 4.69) is 20.9 Å². The van der Waals surface area contributed by atoms with Gasteiger partial charge in [0.1, 0.15) is 4.34 Å². The van der Waals surface area contributed by atoms with Crippen LogP contribution in [0.25, 0.3) is 10.2 Å². The number of halogens is 2. The van der Waals surface area contributed by atoms with Crippen molar-refractivity contribution in [1.82, 2.24) is 15.6 Å². The van der Waals surface area contributed by atoms with Gasteiger partial charge in [0.2, 0.25) is 5.88 Å². The normalized spacial score (nSPS) is 15.9. The summed E-state index contributed by atoms with van der Waals surface area (Å²) >= 11 is 13.4. The fourth-order valence-electron chi connectivity index (χ4n) is 4.33. The number of fused-ring (bicyclic) bond motifs is 2. The van der Waals surface area contributed by atoms with Gasteiger partial charge in [-0.25, -0.2) is 9.59 Å². The lowest BCUT2D eigenvalue weighted by Crippen LogP contribution is -2.46. The van der Waals surface area contributed by atoms with Crippen LogP contribution < -0.4 is 20.7 Å². The Morgan fingerprint density at radius 1 is 1.03 bits per heavy atom. The molecule has 2 aromatic carbocycles. The van der Waals surface area contributed by atoms with Gasteiger partial charge in [0, 0.05) is 18.2 Å². The molecule has 0 saturated heterocycles. The van der Waals surface area contributed by atoms with Crippen molar-refractivity contribution in [1.29, 1.82) is 0 Å². The minimum atomic E-state index is -0.800. The third-order valence-electron chi connectivity index (χ3n) is 5.96. The number of aromatic nitrogens is 1. The number of benzene rings is 2. The van der Waals surface area contributed by atoms with Gasteiger partial charge in [0.25, 0.3) is 11.4 Å². The maximum atomic E-state index is 12.9. The number of non-ortho nitro benzene ring substituents is 2. The monoisotopic (exact) mass is 590 g/mol. The molecule has 1 aliphatic rings. The molecule has 4 N–H and O–H groups in total. The Kier molecular flexibility index (Phi) is 6.99. The number of aromatic amines is 1. The number of nitrogens with zero attached hydrogens (tertiary/aromatic N) is 2. The van der Waals surface area contributed by atoms with Crippen molar-refractivity contribution in [3.8, 4) is 5.88 Å². The fraction of sp³-hybridized carbons (Fsp3) is 0.130. The number of rotatable bonds is 6. The number of thiophene rings is 1. The van der Waals surface area contributed by atoms with Gasteiger partial charge in [-0.3, -0.25) is 20.2 Å². The SMILES string of the molecule is O=C(Nc1cc([N+](=O)[O-])cc([N+](=O)[O-])c1)N[C@H]1c2ccccc2C[C@@H]1NC(=O)Oc1cc2sc(Cl)c(Cl)c2[nH]1. The Bertz CT molecular complexity index is 1620. The zero-order valence-electron chi connectivity index (χ0n) is 19.4. The van der Waals surface area contributed by atoms with E-state index in [1.54, 1.807) is 18.2 Å². The number of amides is 3. The number of ether oxygens (including phenoxy) is 1. The fourth-order valence-corrected chi connectivity index (χ4v) is 5.80. The van der Waals surface area contributed by atoms with E-state index < -0.39 is 45.4 Å². The molecule has 1 aliphatic carbocycles. The van der Waals surface area contributed by atoms with E-state index in [4.69, 9.17) is 27.9 Å². The summed E-state index contributed by atoms with van der Waals surface area (Å²) in [6.07, 6.45) is -0.412. The molecule has 13 nitrogen and oxygen atoms in total. The van der Waals surface area contributed by atoms with Gasteiger partial charge in [-0.05, 0) is 17.5 Å². The molecule has 0 spiro atoms. The lowest BCUT2D eigenvalue weighted by Gasteiger charge is -2.23. The number of H-pyrrole nitrogens is 1. The van der Waals surface area contributed by atoms with Crippen LogP contribution in [0, 0.1) is 20.2 Å². The molecular weight excluding hydrogens is 575 g/mol. The molecule has 16 heteroatoms. The summed E-state index contributed by atoms with van der Waals surface area (Å²) in [5, 5.41) is 30.5. The van der Waals surface area contributed by atoms with Crippen molar-refractivity contribution in [2.75, 3.05) is 5.32 Å². The quantitative estimate of drug-likeness (QED) is 0.158. The molecule has 3 amide bonds. The van der Waals surface area contributed by atoms with Gasteiger partial charge >= 0.3 is 12.1 Å². The number of nitro benzene ring substituents is 2. The molecule has 0 aliphatic heterocycles. The van der Waals surface area contributed by atoms with Crippen molar-refractivity contribution in [2.45, 2.75) is 18.5 Å². The van der Waals surface area contributed by atoms with Crippen molar-refractivity contribution in [2.24, 2.45) is 0 Å². The van der Waals surface area contributed by atoms with Crippen LogP contribution in [0.5, 0.6) is 5.88 Å². The molecule has 2 aromatic heterocycles. The Hall–Kier alpha value is -4.40. The van der Waals surface area contributed by atoms with Crippen molar-refractivity contribution >= 4 is 73.9 Å². The van der Waals surface area contributed by atoms with Crippen LogP contribution in [0.1, 0.15) is 17.2 Å². The first kappa shape index (κ1) is 26.2. The highest BCUT2D eigenvalue weighted by Gasteiger charge is 2.35. The molecule has 0 unspecified atom stereocenters. The van der Waals surface area contributed by atoms with E-state index in [9.17, 15) is 29.8 Å². The Balaban J connectivity index is 1.31. The summed E-state index contributed by atoms with van der Waals surface area (Å²) in [6.45, 7) is 0. The lowest BCUT2D eigenvalue weighted by atomic mass is 10.1. The summed E-state index contributed by atoms with van der Waals surface area (Å²) in [7, 11) is 0. The molecule has 2 atom stereocenters. The first-order chi connectivity index (χ1) is 18.6. The average Bonchev–Trinajstić information content (AvgIpc) is 3.51. The number of carbonyl (C=O) groups excluding carboxylic acids is 2. The third kappa shape index (κ3) is 5.43. The van der Waals surface area contributed by atoms with E-state index in [0.29, 0.717) is 26.0 Å². The number of carbonyl (C=O) groups is 2. The highest BCUT2D eigenvalue weighted by Crippen LogP contribution is 2.40. The standard InChI is InChI=1S/C23H16Cl2N6O7S/c24-18-20-16(39-21(18)25)9-17(28-20)38-23(33)27-15-5-10-3-1-2-4-14(10)19(15)29-22(32)26-11-6-12(30(34)35)8-13(7-11)31(36)37/h1-4,6-9,15,19,28H,5H2,(H,27,33)(H2,26,29,32)/t15-,19-/m0/s1. The number of hydrogen-bond donors (Lipinski definition) is 4. The van der Waals surface area contributed by atoms with E-state index in [1.165, 1.54) is 11.3 Å². The van der Waals surface area contributed by atoms with Crippen LogP contribution in [0.4, 0.5) is 26.7 Å². The molecular formula is C23H16Cl2N6O7S. The van der Waals surface area contributed by atoms with Crippen molar-refractivity contribution < 1.29 is 24.2 Å². The third-order valence-corrected chi connectivity index (χ3v) is 7.89. The highest BCUT2D eigenvalue weighted by molar-refractivity contribution is 7.23. The van der Waals surface area contributed by atoms with Gasteiger partial charge in [0.15, 0.2) is 0 Å². The van der Waals surface area contributed by atoms with Crippen LogP contribution in [0.2, 0.25) is 9.36 Å². The zero-order chi connectivity index (χ0) is 27.8. The van der Waals surface area contributed by atoms with Crippen LogP contribution in [0.3, 0.4) is 0 Å². The van der Waals surface area contributed by atoms with E-state index >= 15 is 0 Å². The minimum Gasteiger partial charge on any atom is -0.393 e. The van der Waals surface area contributed by atoms with Gasteiger partial charge in [0.05, 0.1) is 48.9 Å². The van der Waals surface area contributed by atoms with Gasteiger partial charge in [-0.15, -0.1) is 11.3 Å².